The van der Waals surface area contributed by atoms with E-state index >= 15 is 0 Å². The van der Waals surface area contributed by atoms with Crippen LogP contribution in [0, 0.1) is 6.92 Å². The lowest BCUT2D eigenvalue weighted by molar-refractivity contribution is 0.0914. The topological polar surface area (TPSA) is 54.9 Å². The number of carbonyl (C=O) groups excluding carboxylic acids is 1. The van der Waals surface area contributed by atoms with Crippen LogP contribution < -0.4 is 5.32 Å². The van der Waals surface area contributed by atoms with Gasteiger partial charge in [0.15, 0.2) is 0 Å². The summed E-state index contributed by atoms with van der Waals surface area (Å²) in [5.74, 6) is -0.190. The molecule has 0 bridgehead atoms. The third-order valence-corrected chi connectivity index (χ3v) is 1.50. The molecular formula is C10H15N3O. The fourth-order valence-corrected chi connectivity index (χ4v) is 0.914. The molecule has 1 heterocycles. The van der Waals surface area contributed by atoms with Crippen LogP contribution in [0.25, 0.3) is 0 Å². The highest BCUT2D eigenvalue weighted by Crippen LogP contribution is 2.01. The standard InChI is InChI=1S/C10H15N3O/c1-7-5-12-8(6-11-7)9(14)13-10(2,3)4/h5-6H,1-4H3,(H,13,14). The molecular weight excluding hydrogens is 178 g/mol. The van der Waals surface area contributed by atoms with Gasteiger partial charge < -0.3 is 5.32 Å². The van der Waals surface area contributed by atoms with Crippen molar-refractivity contribution in [3.63, 3.8) is 0 Å². The molecule has 0 aliphatic rings. The van der Waals surface area contributed by atoms with Crippen LogP contribution in [0.15, 0.2) is 12.4 Å². The zero-order valence-electron chi connectivity index (χ0n) is 8.96. The maximum absolute atomic E-state index is 11.6. The Bertz CT molecular complexity index is 324. The van der Waals surface area contributed by atoms with Gasteiger partial charge in [0.25, 0.3) is 5.91 Å². The van der Waals surface area contributed by atoms with E-state index in [4.69, 9.17) is 0 Å². The van der Waals surface area contributed by atoms with E-state index in [0.29, 0.717) is 5.69 Å². The van der Waals surface area contributed by atoms with Crippen LogP contribution in [0.1, 0.15) is 37.0 Å². The highest BCUT2D eigenvalue weighted by molar-refractivity contribution is 5.92. The minimum atomic E-state index is -0.246. The number of aromatic nitrogens is 2. The van der Waals surface area contributed by atoms with Gasteiger partial charge in [0, 0.05) is 11.7 Å². The summed E-state index contributed by atoms with van der Waals surface area (Å²) in [7, 11) is 0. The van der Waals surface area contributed by atoms with Crippen molar-refractivity contribution in [3.05, 3.63) is 23.8 Å². The quantitative estimate of drug-likeness (QED) is 0.731. The lowest BCUT2D eigenvalue weighted by Gasteiger charge is -2.19. The molecule has 4 nitrogen and oxygen atoms in total. The van der Waals surface area contributed by atoms with Gasteiger partial charge in [-0.25, -0.2) is 4.98 Å². The summed E-state index contributed by atoms with van der Waals surface area (Å²) in [6.07, 6.45) is 3.06. The lowest BCUT2D eigenvalue weighted by Crippen LogP contribution is -2.40. The maximum atomic E-state index is 11.6. The van der Waals surface area contributed by atoms with E-state index in [9.17, 15) is 4.79 Å². The minimum absolute atomic E-state index is 0.190. The molecule has 1 aromatic rings. The molecule has 0 spiro atoms. The van der Waals surface area contributed by atoms with E-state index in [1.165, 1.54) is 6.20 Å². The monoisotopic (exact) mass is 193 g/mol. The number of hydrogen-bond donors (Lipinski definition) is 1. The fourth-order valence-electron chi connectivity index (χ4n) is 0.914. The molecule has 1 N–H and O–H groups in total. The van der Waals surface area contributed by atoms with Gasteiger partial charge in [-0.15, -0.1) is 0 Å². The first-order valence-electron chi connectivity index (χ1n) is 4.50. The Hall–Kier alpha value is -1.45. The summed E-state index contributed by atoms with van der Waals surface area (Å²) in [5, 5.41) is 2.81. The van der Waals surface area contributed by atoms with Crippen LogP contribution in [-0.2, 0) is 0 Å². The molecule has 1 aromatic heterocycles. The van der Waals surface area contributed by atoms with E-state index in [-0.39, 0.29) is 11.4 Å². The molecule has 76 valence electrons. The number of rotatable bonds is 1. The van der Waals surface area contributed by atoms with Crippen LogP contribution in [0.3, 0.4) is 0 Å². The second kappa shape index (κ2) is 3.74. The largest absolute Gasteiger partial charge is 0.346 e. The number of nitrogens with zero attached hydrogens (tertiary/aromatic N) is 2. The molecule has 14 heavy (non-hydrogen) atoms. The van der Waals surface area contributed by atoms with Gasteiger partial charge >= 0.3 is 0 Å². The zero-order chi connectivity index (χ0) is 10.8. The van der Waals surface area contributed by atoms with Gasteiger partial charge in [-0.1, -0.05) is 0 Å². The summed E-state index contributed by atoms with van der Waals surface area (Å²) >= 11 is 0. The number of aryl methyl sites for hydroxylation is 1. The van der Waals surface area contributed by atoms with Gasteiger partial charge in [0.1, 0.15) is 5.69 Å². The van der Waals surface area contributed by atoms with Crippen molar-refractivity contribution in [1.29, 1.82) is 0 Å². The normalized spacial score (nSPS) is 11.1. The molecule has 1 amide bonds. The van der Waals surface area contributed by atoms with E-state index in [0.717, 1.165) is 5.69 Å². The number of nitrogens with one attached hydrogen (secondary N) is 1. The zero-order valence-corrected chi connectivity index (χ0v) is 8.96. The molecule has 0 aromatic carbocycles. The second-order valence-corrected chi connectivity index (χ2v) is 4.25. The molecule has 4 heteroatoms. The molecule has 0 saturated heterocycles. The Morgan fingerprint density at radius 1 is 1.29 bits per heavy atom. The lowest BCUT2D eigenvalue weighted by atomic mass is 10.1. The number of carbonyl (C=O) groups is 1. The van der Waals surface area contributed by atoms with Crippen LogP contribution in [0.5, 0.6) is 0 Å². The third-order valence-electron chi connectivity index (χ3n) is 1.50. The molecule has 0 aliphatic carbocycles. The van der Waals surface area contributed by atoms with Crippen LogP contribution in [-0.4, -0.2) is 21.4 Å². The summed E-state index contributed by atoms with van der Waals surface area (Å²) < 4.78 is 0. The first kappa shape index (κ1) is 10.6. The van der Waals surface area contributed by atoms with E-state index in [2.05, 4.69) is 15.3 Å². The average Bonchev–Trinajstić information content (AvgIpc) is 2.02. The van der Waals surface area contributed by atoms with E-state index < -0.39 is 0 Å². The first-order valence-corrected chi connectivity index (χ1v) is 4.50. The molecule has 0 unspecified atom stereocenters. The van der Waals surface area contributed by atoms with Crippen molar-refractivity contribution in [1.82, 2.24) is 15.3 Å². The second-order valence-electron chi connectivity index (χ2n) is 4.25. The summed E-state index contributed by atoms with van der Waals surface area (Å²) in [6, 6.07) is 0. The Morgan fingerprint density at radius 3 is 2.36 bits per heavy atom. The Kier molecular flexibility index (Phi) is 2.84. The Morgan fingerprint density at radius 2 is 1.93 bits per heavy atom. The average molecular weight is 193 g/mol. The van der Waals surface area contributed by atoms with Gasteiger partial charge in [-0.2, -0.15) is 0 Å². The van der Waals surface area contributed by atoms with Gasteiger partial charge in [0.2, 0.25) is 0 Å². The molecule has 0 saturated carbocycles. The predicted molar refractivity (Wildman–Crippen MR) is 54.0 cm³/mol. The van der Waals surface area contributed by atoms with Crippen molar-refractivity contribution < 1.29 is 4.79 Å². The predicted octanol–water partition coefficient (Wildman–Crippen LogP) is 1.31. The SMILES string of the molecule is Cc1cnc(C(=O)NC(C)(C)C)cn1. The molecule has 1 rings (SSSR count). The fraction of sp³-hybridized carbons (Fsp3) is 0.500. The molecule has 0 radical (unpaired) electrons. The van der Waals surface area contributed by atoms with Crippen molar-refractivity contribution in [3.8, 4) is 0 Å². The highest BCUT2D eigenvalue weighted by atomic mass is 16.2. The Labute approximate surface area is 83.8 Å². The van der Waals surface area contributed by atoms with Gasteiger partial charge in [-0.3, -0.25) is 9.78 Å². The van der Waals surface area contributed by atoms with E-state index in [1.54, 1.807) is 6.20 Å². The highest BCUT2D eigenvalue weighted by Gasteiger charge is 2.15. The Balaban J connectivity index is 2.76. The number of hydrogen-bond acceptors (Lipinski definition) is 3. The summed E-state index contributed by atoms with van der Waals surface area (Å²) in [6.45, 7) is 7.60. The van der Waals surface area contributed by atoms with E-state index in [1.807, 2.05) is 27.7 Å². The smallest absolute Gasteiger partial charge is 0.271 e. The van der Waals surface area contributed by atoms with Crippen LogP contribution in [0.4, 0.5) is 0 Å². The third kappa shape index (κ3) is 3.12. The molecule has 0 atom stereocenters. The number of amides is 1. The maximum Gasteiger partial charge on any atom is 0.271 e. The van der Waals surface area contributed by atoms with Crippen molar-refractivity contribution in [2.24, 2.45) is 0 Å². The van der Waals surface area contributed by atoms with Crippen molar-refractivity contribution in [2.75, 3.05) is 0 Å². The van der Waals surface area contributed by atoms with Crippen LogP contribution >= 0.6 is 0 Å². The van der Waals surface area contributed by atoms with Gasteiger partial charge in [-0.05, 0) is 27.7 Å². The first-order chi connectivity index (χ1) is 6.38. The van der Waals surface area contributed by atoms with Crippen LogP contribution in [0.2, 0.25) is 0 Å². The van der Waals surface area contributed by atoms with Crippen molar-refractivity contribution >= 4 is 5.91 Å². The molecule has 0 aliphatic heterocycles. The minimum Gasteiger partial charge on any atom is -0.346 e. The molecule has 0 fully saturated rings. The van der Waals surface area contributed by atoms with Crippen molar-refractivity contribution in [2.45, 2.75) is 33.2 Å². The summed E-state index contributed by atoms with van der Waals surface area (Å²) in [5.41, 5.74) is 0.909. The summed E-state index contributed by atoms with van der Waals surface area (Å²) in [4.78, 5) is 19.6. The van der Waals surface area contributed by atoms with Gasteiger partial charge in [0.05, 0.1) is 11.9 Å².